The highest BCUT2D eigenvalue weighted by molar-refractivity contribution is 7.22. The molecule has 144 valence electrons. The SMILES string of the molecule is CC[C@H](c1nnnn1CCOC)N1CCN(c2nc3ccccc3s2)CC1. The fraction of sp³-hybridized carbons (Fsp3) is 0.556. The fourth-order valence-corrected chi connectivity index (χ4v) is 4.63. The van der Waals surface area contributed by atoms with Gasteiger partial charge in [0.1, 0.15) is 0 Å². The standard InChI is InChI=1S/C18H25N7OS/c1-3-15(17-20-21-22-25(17)12-13-26-2)23-8-10-24(11-9-23)18-19-14-6-4-5-7-16(14)27-18/h4-7,15H,3,8-13H2,1-2H3/t15-/m1/s1. The van der Waals surface area contributed by atoms with E-state index in [0.29, 0.717) is 13.2 Å². The van der Waals surface area contributed by atoms with Crippen LogP contribution >= 0.6 is 11.3 Å². The van der Waals surface area contributed by atoms with E-state index in [4.69, 9.17) is 9.72 Å². The lowest BCUT2D eigenvalue weighted by Crippen LogP contribution is -2.48. The number of hydrogen-bond donors (Lipinski definition) is 0. The van der Waals surface area contributed by atoms with Gasteiger partial charge in [0.25, 0.3) is 0 Å². The lowest BCUT2D eigenvalue weighted by Gasteiger charge is -2.38. The molecule has 0 unspecified atom stereocenters. The number of rotatable bonds is 7. The van der Waals surface area contributed by atoms with Gasteiger partial charge in [0.15, 0.2) is 11.0 Å². The molecule has 3 heterocycles. The predicted molar refractivity (Wildman–Crippen MR) is 106 cm³/mol. The van der Waals surface area contributed by atoms with E-state index in [1.165, 1.54) is 4.70 Å². The number of para-hydroxylation sites is 1. The topological polar surface area (TPSA) is 72.2 Å². The van der Waals surface area contributed by atoms with Crippen LogP contribution in [0.2, 0.25) is 0 Å². The van der Waals surface area contributed by atoms with Gasteiger partial charge in [-0.15, -0.1) is 5.10 Å². The number of piperazine rings is 1. The number of tetrazole rings is 1. The minimum absolute atomic E-state index is 0.231. The van der Waals surface area contributed by atoms with Gasteiger partial charge in [-0.3, -0.25) is 4.90 Å². The summed E-state index contributed by atoms with van der Waals surface area (Å²) in [6.45, 7) is 7.38. The molecule has 8 nitrogen and oxygen atoms in total. The third-order valence-electron chi connectivity index (χ3n) is 5.06. The Morgan fingerprint density at radius 2 is 2.00 bits per heavy atom. The Morgan fingerprint density at radius 1 is 1.19 bits per heavy atom. The van der Waals surface area contributed by atoms with Crippen LogP contribution in [0.3, 0.4) is 0 Å². The zero-order valence-corrected chi connectivity index (χ0v) is 16.6. The molecule has 0 saturated carbocycles. The van der Waals surface area contributed by atoms with Crippen LogP contribution in [0.15, 0.2) is 24.3 Å². The quantitative estimate of drug-likeness (QED) is 0.615. The average Bonchev–Trinajstić information content (AvgIpc) is 3.34. The van der Waals surface area contributed by atoms with Crippen LogP contribution in [0, 0.1) is 0 Å². The summed E-state index contributed by atoms with van der Waals surface area (Å²) in [6.07, 6.45) is 0.981. The van der Waals surface area contributed by atoms with Crippen LogP contribution in [-0.4, -0.2) is 70.0 Å². The minimum atomic E-state index is 0.231. The monoisotopic (exact) mass is 387 g/mol. The molecule has 1 aliphatic rings. The summed E-state index contributed by atoms with van der Waals surface area (Å²) in [5.74, 6) is 0.933. The van der Waals surface area contributed by atoms with E-state index in [-0.39, 0.29) is 6.04 Å². The van der Waals surface area contributed by atoms with Crippen LogP contribution < -0.4 is 4.90 Å². The van der Waals surface area contributed by atoms with Crippen molar-refractivity contribution in [2.45, 2.75) is 25.9 Å². The van der Waals surface area contributed by atoms with Crippen molar-refractivity contribution >= 4 is 26.7 Å². The van der Waals surface area contributed by atoms with Crippen LogP contribution in [0.5, 0.6) is 0 Å². The molecule has 3 aromatic rings. The highest BCUT2D eigenvalue weighted by Crippen LogP contribution is 2.30. The molecule has 0 amide bonds. The van der Waals surface area contributed by atoms with Crippen molar-refractivity contribution in [2.75, 3.05) is 44.8 Å². The fourth-order valence-electron chi connectivity index (χ4n) is 3.61. The summed E-state index contributed by atoms with van der Waals surface area (Å²) in [7, 11) is 1.70. The predicted octanol–water partition coefficient (Wildman–Crippen LogP) is 2.20. The summed E-state index contributed by atoms with van der Waals surface area (Å²) < 4.78 is 8.30. The first-order valence-electron chi connectivity index (χ1n) is 9.39. The highest BCUT2D eigenvalue weighted by atomic mass is 32.1. The average molecular weight is 388 g/mol. The Balaban J connectivity index is 1.43. The first kappa shape index (κ1) is 18.3. The van der Waals surface area contributed by atoms with Crippen molar-refractivity contribution in [2.24, 2.45) is 0 Å². The van der Waals surface area contributed by atoms with Crippen molar-refractivity contribution in [1.82, 2.24) is 30.1 Å². The molecule has 0 radical (unpaired) electrons. The van der Waals surface area contributed by atoms with Gasteiger partial charge in [0.05, 0.1) is 29.4 Å². The van der Waals surface area contributed by atoms with Gasteiger partial charge in [0, 0.05) is 33.3 Å². The molecule has 1 saturated heterocycles. The Labute approximate surface area is 162 Å². The van der Waals surface area contributed by atoms with E-state index >= 15 is 0 Å². The van der Waals surface area contributed by atoms with Crippen LogP contribution in [0.25, 0.3) is 10.2 Å². The van der Waals surface area contributed by atoms with Crippen LogP contribution in [0.4, 0.5) is 5.13 Å². The van der Waals surface area contributed by atoms with Gasteiger partial charge in [-0.2, -0.15) is 0 Å². The molecule has 0 N–H and O–H groups in total. The zero-order valence-electron chi connectivity index (χ0n) is 15.8. The second kappa shape index (κ2) is 8.28. The summed E-state index contributed by atoms with van der Waals surface area (Å²) >= 11 is 1.77. The summed E-state index contributed by atoms with van der Waals surface area (Å²) in [5.41, 5.74) is 1.09. The molecular formula is C18H25N7OS. The van der Waals surface area contributed by atoms with Gasteiger partial charge >= 0.3 is 0 Å². The van der Waals surface area contributed by atoms with Gasteiger partial charge in [-0.1, -0.05) is 30.4 Å². The largest absolute Gasteiger partial charge is 0.383 e. The van der Waals surface area contributed by atoms with Crippen molar-refractivity contribution in [3.63, 3.8) is 0 Å². The molecule has 0 aliphatic carbocycles. The first-order chi connectivity index (χ1) is 13.3. The molecule has 27 heavy (non-hydrogen) atoms. The lowest BCUT2D eigenvalue weighted by molar-refractivity contribution is 0.157. The van der Waals surface area contributed by atoms with E-state index in [0.717, 1.165) is 49.1 Å². The number of benzene rings is 1. The molecule has 9 heteroatoms. The first-order valence-corrected chi connectivity index (χ1v) is 10.2. The lowest BCUT2D eigenvalue weighted by atomic mass is 10.1. The Kier molecular flexibility index (Phi) is 5.61. The second-order valence-electron chi connectivity index (χ2n) is 6.66. The molecule has 1 aromatic carbocycles. The number of hydrogen-bond acceptors (Lipinski definition) is 8. The smallest absolute Gasteiger partial charge is 0.186 e. The van der Waals surface area contributed by atoms with Gasteiger partial charge in [-0.05, 0) is 29.0 Å². The van der Waals surface area contributed by atoms with Crippen molar-refractivity contribution in [3.05, 3.63) is 30.1 Å². The third-order valence-corrected chi connectivity index (χ3v) is 6.16. The van der Waals surface area contributed by atoms with E-state index in [2.05, 4.69) is 50.4 Å². The normalized spacial score (nSPS) is 16.9. The van der Waals surface area contributed by atoms with Gasteiger partial charge in [-0.25, -0.2) is 9.67 Å². The number of fused-ring (bicyclic) bond motifs is 1. The second-order valence-corrected chi connectivity index (χ2v) is 7.67. The third kappa shape index (κ3) is 3.80. The van der Waals surface area contributed by atoms with Gasteiger partial charge < -0.3 is 9.64 Å². The number of ether oxygens (including phenoxy) is 1. The van der Waals surface area contributed by atoms with Crippen molar-refractivity contribution < 1.29 is 4.74 Å². The maximum absolute atomic E-state index is 5.17. The number of nitrogens with zero attached hydrogens (tertiary/aromatic N) is 7. The van der Waals surface area contributed by atoms with E-state index in [9.17, 15) is 0 Å². The number of aromatic nitrogens is 5. The van der Waals surface area contributed by atoms with Crippen molar-refractivity contribution in [3.8, 4) is 0 Å². The summed E-state index contributed by atoms with van der Waals surface area (Å²) in [5, 5.41) is 13.4. The number of thiazole rings is 1. The minimum Gasteiger partial charge on any atom is -0.383 e. The Hall–Kier alpha value is -2.10. The van der Waals surface area contributed by atoms with Gasteiger partial charge in [0.2, 0.25) is 0 Å². The molecule has 0 bridgehead atoms. The number of methoxy groups -OCH3 is 1. The van der Waals surface area contributed by atoms with E-state index in [1.807, 2.05) is 10.7 Å². The summed E-state index contributed by atoms with van der Waals surface area (Å²) in [6, 6.07) is 8.57. The van der Waals surface area contributed by atoms with Crippen LogP contribution in [-0.2, 0) is 11.3 Å². The zero-order chi connectivity index (χ0) is 18.6. The molecule has 1 aliphatic heterocycles. The summed E-state index contributed by atoms with van der Waals surface area (Å²) in [4.78, 5) is 9.68. The maximum atomic E-state index is 5.17. The van der Waals surface area contributed by atoms with Crippen LogP contribution in [0.1, 0.15) is 25.2 Å². The molecule has 4 rings (SSSR count). The highest BCUT2D eigenvalue weighted by Gasteiger charge is 2.28. The van der Waals surface area contributed by atoms with E-state index in [1.54, 1.807) is 18.4 Å². The Bertz CT molecular complexity index is 838. The molecular weight excluding hydrogens is 362 g/mol. The Morgan fingerprint density at radius 3 is 2.74 bits per heavy atom. The molecule has 1 atom stereocenters. The number of anilines is 1. The van der Waals surface area contributed by atoms with Crippen molar-refractivity contribution in [1.29, 1.82) is 0 Å². The molecule has 2 aromatic heterocycles. The molecule has 1 fully saturated rings. The maximum Gasteiger partial charge on any atom is 0.186 e. The van der Waals surface area contributed by atoms with E-state index < -0.39 is 0 Å². The molecule has 0 spiro atoms.